The molecule has 27 heavy (non-hydrogen) atoms. The lowest BCUT2D eigenvalue weighted by Gasteiger charge is -2.26. The van der Waals surface area contributed by atoms with E-state index in [1.807, 2.05) is 12.1 Å². The van der Waals surface area contributed by atoms with Crippen molar-refractivity contribution in [2.24, 2.45) is 5.92 Å². The molecule has 0 spiro atoms. The molecular weight excluding hydrogens is 342 g/mol. The van der Waals surface area contributed by atoms with E-state index in [4.69, 9.17) is 9.47 Å². The van der Waals surface area contributed by atoms with Gasteiger partial charge in [0.25, 0.3) is 0 Å². The number of nitrogens with zero attached hydrogens (tertiary/aromatic N) is 1. The summed E-state index contributed by atoms with van der Waals surface area (Å²) in [6, 6.07) is 5.95. The van der Waals surface area contributed by atoms with E-state index in [0.29, 0.717) is 26.0 Å². The van der Waals surface area contributed by atoms with Crippen LogP contribution in [0.2, 0.25) is 0 Å². The Kier molecular flexibility index (Phi) is 5.32. The SMILES string of the molecule is COc1cccc2c1OCC(CNC(=O)CCc1n[nH]c3c1CCCC3)C2. The fourth-order valence-corrected chi connectivity index (χ4v) is 4.08. The number of nitrogens with one attached hydrogen (secondary N) is 2. The van der Waals surface area contributed by atoms with Gasteiger partial charge in [-0.15, -0.1) is 0 Å². The van der Waals surface area contributed by atoms with Gasteiger partial charge in [-0.25, -0.2) is 0 Å². The Morgan fingerprint density at radius 2 is 2.26 bits per heavy atom. The molecule has 1 aliphatic heterocycles. The smallest absolute Gasteiger partial charge is 0.220 e. The maximum absolute atomic E-state index is 12.3. The fourth-order valence-electron chi connectivity index (χ4n) is 4.08. The van der Waals surface area contributed by atoms with Crippen LogP contribution in [0.3, 0.4) is 0 Å². The quantitative estimate of drug-likeness (QED) is 0.821. The van der Waals surface area contributed by atoms with Gasteiger partial charge in [-0.2, -0.15) is 5.10 Å². The van der Waals surface area contributed by atoms with Crippen molar-refractivity contribution in [3.8, 4) is 11.5 Å². The Morgan fingerprint density at radius 3 is 3.15 bits per heavy atom. The minimum absolute atomic E-state index is 0.0824. The van der Waals surface area contributed by atoms with Gasteiger partial charge in [0, 0.05) is 31.0 Å². The number of H-pyrrole nitrogens is 1. The number of fused-ring (bicyclic) bond motifs is 2. The fraction of sp³-hybridized carbons (Fsp3) is 0.524. The first kappa shape index (κ1) is 17.9. The topological polar surface area (TPSA) is 76.2 Å². The van der Waals surface area contributed by atoms with Crippen LogP contribution in [-0.2, 0) is 30.5 Å². The van der Waals surface area contributed by atoms with Crippen molar-refractivity contribution in [2.75, 3.05) is 20.3 Å². The van der Waals surface area contributed by atoms with Gasteiger partial charge in [0.1, 0.15) is 0 Å². The molecule has 1 aromatic heterocycles. The first-order chi connectivity index (χ1) is 13.2. The van der Waals surface area contributed by atoms with Crippen molar-refractivity contribution in [2.45, 2.75) is 44.9 Å². The molecule has 2 aromatic rings. The number of carbonyl (C=O) groups is 1. The number of aromatic nitrogens is 2. The van der Waals surface area contributed by atoms with Crippen LogP contribution in [0.5, 0.6) is 11.5 Å². The molecule has 0 bridgehead atoms. The molecule has 2 heterocycles. The predicted octanol–water partition coefficient (Wildman–Crippen LogP) is 2.60. The second-order valence-corrected chi connectivity index (χ2v) is 7.47. The first-order valence-corrected chi connectivity index (χ1v) is 9.85. The molecule has 0 radical (unpaired) electrons. The van der Waals surface area contributed by atoms with Crippen molar-refractivity contribution in [1.29, 1.82) is 0 Å². The molecule has 4 rings (SSSR count). The van der Waals surface area contributed by atoms with Crippen LogP contribution in [0.15, 0.2) is 18.2 Å². The number of amides is 1. The van der Waals surface area contributed by atoms with Crippen molar-refractivity contribution in [3.63, 3.8) is 0 Å². The zero-order chi connectivity index (χ0) is 18.6. The number of aromatic amines is 1. The first-order valence-electron chi connectivity index (χ1n) is 9.85. The van der Waals surface area contributed by atoms with E-state index in [1.165, 1.54) is 24.1 Å². The summed E-state index contributed by atoms with van der Waals surface area (Å²) in [5.41, 5.74) is 4.83. The predicted molar refractivity (Wildman–Crippen MR) is 102 cm³/mol. The molecule has 2 aliphatic rings. The lowest BCUT2D eigenvalue weighted by Crippen LogP contribution is -2.35. The van der Waals surface area contributed by atoms with E-state index in [1.54, 1.807) is 7.11 Å². The Labute approximate surface area is 159 Å². The minimum atomic E-state index is 0.0824. The van der Waals surface area contributed by atoms with Gasteiger partial charge in [-0.1, -0.05) is 12.1 Å². The second kappa shape index (κ2) is 8.03. The van der Waals surface area contributed by atoms with Crippen LogP contribution >= 0.6 is 0 Å². The molecule has 0 fully saturated rings. The molecule has 1 atom stereocenters. The summed E-state index contributed by atoms with van der Waals surface area (Å²) in [6.07, 6.45) is 6.70. The normalized spacial score (nSPS) is 18.2. The summed E-state index contributed by atoms with van der Waals surface area (Å²) >= 11 is 0. The van der Waals surface area contributed by atoms with E-state index in [0.717, 1.165) is 42.0 Å². The molecule has 1 aromatic carbocycles. The Balaban J connectivity index is 1.26. The molecule has 6 heteroatoms. The molecule has 144 valence electrons. The summed E-state index contributed by atoms with van der Waals surface area (Å²) in [5, 5.41) is 10.6. The van der Waals surface area contributed by atoms with E-state index in [2.05, 4.69) is 21.6 Å². The molecule has 0 saturated carbocycles. The van der Waals surface area contributed by atoms with Gasteiger partial charge in [0.05, 0.1) is 19.4 Å². The number of hydrogen-bond donors (Lipinski definition) is 2. The Hall–Kier alpha value is -2.50. The highest BCUT2D eigenvalue weighted by atomic mass is 16.5. The van der Waals surface area contributed by atoms with Crippen LogP contribution in [0.25, 0.3) is 0 Å². The summed E-state index contributed by atoms with van der Waals surface area (Å²) in [6.45, 7) is 1.23. The average Bonchev–Trinajstić information content (AvgIpc) is 3.13. The van der Waals surface area contributed by atoms with E-state index < -0.39 is 0 Å². The Bertz CT molecular complexity index is 815. The number of rotatable bonds is 6. The number of hydrogen-bond acceptors (Lipinski definition) is 4. The van der Waals surface area contributed by atoms with Gasteiger partial charge in [-0.3, -0.25) is 9.89 Å². The van der Waals surface area contributed by atoms with Crippen molar-refractivity contribution in [1.82, 2.24) is 15.5 Å². The maximum atomic E-state index is 12.3. The van der Waals surface area contributed by atoms with Gasteiger partial charge < -0.3 is 14.8 Å². The van der Waals surface area contributed by atoms with Crippen molar-refractivity contribution < 1.29 is 14.3 Å². The number of carbonyl (C=O) groups excluding carboxylic acids is 1. The zero-order valence-corrected chi connectivity index (χ0v) is 15.8. The number of methoxy groups -OCH3 is 1. The second-order valence-electron chi connectivity index (χ2n) is 7.47. The van der Waals surface area contributed by atoms with Gasteiger partial charge in [0.15, 0.2) is 11.5 Å². The molecule has 1 amide bonds. The minimum Gasteiger partial charge on any atom is -0.493 e. The Morgan fingerprint density at radius 1 is 1.37 bits per heavy atom. The molecule has 1 aliphatic carbocycles. The summed E-state index contributed by atoms with van der Waals surface area (Å²) in [4.78, 5) is 12.3. The number of benzene rings is 1. The van der Waals surface area contributed by atoms with Crippen molar-refractivity contribution in [3.05, 3.63) is 40.7 Å². The standard InChI is InChI=1S/C21H27N3O3/c1-26-19-8-4-5-15-11-14(13-27-21(15)19)12-22-20(25)10-9-18-16-6-2-3-7-17(16)23-24-18/h4-5,8,14H,2-3,6-7,9-13H2,1H3,(H,22,25)(H,23,24). The van der Waals surface area contributed by atoms with Crippen LogP contribution in [-0.4, -0.2) is 36.4 Å². The largest absolute Gasteiger partial charge is 0.493 e. The average molecular weight is 369 g/mol. The summed E-state index contributed by atoms with van der Waals surface area (Å²) in [5.74, 6) is 1.98. The van der Waals surface area contributed by atoms with E-state index in [-0.39, 0.29) is 11.8 Å². The van der Waals surface area contributed by atoms with Crippen LogP contribution in [0.1, 0.15) is 41.8 Å². The van der Waals surface area contributed by atoms with Gasteiger partial charge in [-0.05, 0) is 49.3 Å². The van der Waals surface area contributed by atoms with Gasteiger partial charge >= 0.3 is 0 Å². The van der Waals surface area contributed by atoms with Gasteiger partial charge in [0.2, 0.25) is 5.91 Å². The lowest BCUT2D eigenvalue weighted by molar-refractivity contribution is -0.121. The third-order valence-electron chi connectivity index (χ3n) is 5.57. The highest BCUT2D eigenvalue weighted by Gasteiger charge is 2.23. The van der Waals surface area contributed by atoms with E-state index >= 15 is 0 Å². The molecular formula is C21H27N3O3. The van der Waals surface area contributed by atoms with Crippen molar-refractivity contribution >= 4 is 5.91 Å². The monoisotopic (exact) mass is 369 g/mol. The lowest BCUT2D eigenvalue weighted by atomic mass is 9.94. The summed E-state index contributed by atoms with van der Waals surface area (Å²) in [7, 11) is 1.65. The van der Waals surface area contributed by atoms with Crippen LogP contribution in [0.4, 0.5) is 0 Å². The highest BCUT2D eigenvalue weighted by Crippen LogP contribution is 2.35. The third kappa shape index (κ3) is 3.94. The third-order valence-corrected chi connectivity index (χ3v) is 5.57. The van der Waals surface area contributed by atoms with E-state index in [9.17, 15) is 4.79 Å². The molecule has 2 N–H and O–H groups in total. The number of para-hydroxylation sites is 1. The number of ether oxygens (including phenoxy) is 2. The van der Waals surface area contributed by atoms with Crippen LogP contribution in [0, 0.1) is 5.92 Å². The molecule has 6 nitrogen and oxygen atoms in total. The number of aryl methyl sites for hydroxylation is 2. The maximum Gasteiger partial charge on any atom is 0.220 e. The molecule has 1 unspecified atom stereocenters. The summed E-state index contributed by atoms with van der Waals surface area (Å²) < 4.78 is 11.2. The van der Waals surface area contributed by atoms with Crippen LogP contribution < -0.4 is 14.8 Å². The highest BCUT2D eigenvalue weighted by molar-refractivity contribution is 5.76. The molecule has 0 saturated heterocycles. The zero-order valence-electron chi connectivity index (χ0n) is 15.8.